The summed E-state index contributed by atoms with van der Waals surface area (Å²) >= 11 is 0. The van der Waals surface area contributed by atoms with Crippen molar-refractivity contribution in [1.82, 2.24) is 14.8 Å². The van der Waals surface area contributed by atoms with Crippen LogP contribution < -0.4 is 4.74 Å². The Labute approximate surface area is 171 Å². The highest BCUT2D eigenvalue weighted by atomic mass is 16.5. The Morgan fingerprint density at radius 3 is 2.31 bits per heavy atom. The molecule has 5 heteroatoms. The summed E-state index contributed by atoms with van der Waals surface area (Å²) in [7, 11) is 0. The lowest BCUT2D eigenvalue weighted by Gasteiger charge is -2.35. The summed E-state index contributed by atoms with van der Waals surface area (Å²) in [5.74, 6) is 0.889. The minimum Gasteiger partial charge on any atom is -0.489 e. The molecule has 4 rings (SSSR count). The van der Waals surface area contributed by atoms with Crippen LogP contribution in [0.1, 0.15) is 21.5 Å². The van der Waals surface area contributed by atoms with Crippen LogP contribution in [0.2, 0.25) is 0 Å². The molecule has 0 saturated carbocycles. The van der Waals surface area contributed by atoms with E-state index >= 15 is 0 Å². The number of para-hydroxylation sites is 1. The zero-order valence-electron chi connectivity index (χ0n) is 16.4. The zero-order chi connectivity index (χ0) is 19.9. The number of carbonyl (C=O) groups is 1. The molecule has 0 spiro atoms. The summed E-state index contributed by atoms with van der Waals surface area (Å²) in [4.78, 5) is 21.5. The molecule has 1 amide bonds. The zero-order valence-corrected chi connectivity index (χ0v) is 16.4. The predicted molar refractivity (Wildman–Crippen MR) is 113 cm³/mol. The van der Waals surface area contributed by atoms with E-state index in [4.69, 9.17) is 4.74 Å². The molecule has 0 radical (unpaired) electrons. The van der Waals surface area contributed by atoms with Crippen molar-refractivity contribution < 1.29 is 9.53 Å². The number of hydrogen-bond donors (Lipinski definition) is 0. The smallest absolute Gasteiger partial charge is 0.254 e. The van der Waals surface area contributed by atoms with Crippen molar-refractivity contribution in [1.29, 1.82) is 0 Å². The van der Waals surface area contributed by atoms with Gasteiger partial charge in [0.25, 0.3) is 5.91 Å². The fraction of sp³-hybridized carbons (Fsp3) is 0.250. The SMILES string of the molecule is O=C(c1ccccc1COc1ccccc1)N1CCN(Cc2ccncc2)CC1. The van der Waals surface area contributed by atoms with Crippen LogP contribution >= 0.6 is 0 Å². The van der Waals surface area contributed by atoms with E-state index < -0.39 is 0 Å². The lowest BCUT2D eigenvalue weighted by Crippen LogP contribution is -2.48. The molecule has 5 nitrogen and oxygen atoms in total. The van der Waals surface area contributed by atoms with Gasteiger partial charge in [0, 0.05) is 56.2 Å². The summed E-state index contributed by atoms with van der Waals surface area (Å²) in [5.41, 5.74) is 2.90. The van der Waals surface area contributed by atoms with Gasteiger partial charge in [-0.1, -0.05) is 36.4 Å². The van der Waals surface area contributed by atoms with Crippen LogP contribution in [-0.2, 0) is 13.2 Å². The number of carbonyl (C=O) groups excluding carboxylic acids is 1. The molecule has 148 valence electrons. The molecule has 1 fully saturated rings. The average Bonchev–Trinajstić information content (AvgIpc) is 2.79. The fourth-order valence-corrected chi connectivity index (χ4v) is 3.56. The largest absolute Gasteiger partial charge is 0.489 e. The molecule has 1 aromatic heterocycles. The maximum Gasteiger partial charge on any atom is 0.254 e. The van der Waals surface area contributed by atoms with E-state index in [0.29, 0.717) is 6.61 Å². The number of pyridine rings is 1. The van der Waals surface area contributed by atoms with Crippen LogP contribution in [0.15, 0.2) is 79.1 Å². The van der Waals surface area contributed by atoms with Crippen LogP contribution in [-0.4, -0.2) is 46.9 Å². The maximum absolute atomic E-state index is 13.1. The van der Waals surface area contributed by atoms with E-state index in [9.17, 15) is 4.79 Å². The second kappa shape index (κ2) is 9.34. The van der Waals surface area contributed by atoms with Gasteiger partial charge in [0.05, 0.1) is 0 Å². The first-order valence-corrected chi connectivity index (χ1v) is 9.96. The monoisotopic (exact) mass is 387 g/mol. The third-order valence-corrected chi connectivity index (χ3v) is 5.20. The molecule has 0 unspecified atom stereocenters. The molecule has 1 aliphatic rings. The van der Waals surface area contributed by atoms with E-state index in [1.54, 1.807) is 0 Å². The number of ether oxygens (including phenoxy) is 1. The number of aromatic nitrogens is 1. The minimum absolute atomic E-state index is 0.0841. The van der Waals surface area contributed by atoms with Gasteiger partial charge in [-0.3, -0.25) is 14.7 Å². The lowest BCUT2D eigenvalue weighted by molar-refractivity contribution is 0.0626. The van der Waals surface area contributed by atoms with E-state index in [1.165, 1.54) is 5.56 Å². The number of rotatable bonds is 6. The Morgan fingerprint density at radius 2 is 1.55 bits per heavy atom. The standard InChI is InChI=1S/C24H25N3O2/c28-24(27-16-14-26(15-17-27)18-20-10-12-25-13-11-20)23-9-5-4-6-21(23)19-29-22-7-2-1-3-8-22/h1-13H,14-19H2. The molecular weight excluding hydrogens is 362 g/mol. The molecular formula is C24H25N3O2. The van der Waals surface area contributed by atoms with Crippen molar-refractivity contribution >= 4 is 5.91 Å². The molecule has 29 heavy (non-hydrogen) atoms. The van der Waals surface area contributed by atoms with Gasteiger partial charge in [-0.15, -0.1) is 0 Å². The number of piperazine rings is 1. The molecule has 3 aromatic rings. The van der Waals surface area contributed by atoms with Crippen molar-refractivity contribution in [3.63, 3.8) is 0 Å². The third kappa shape index (κ3) is 5.00. The highest BCUT2D eigenvalue weighted by Gasteiger charge is 2.23. The molecule has 2 aromatic carbocycles. The van der Waals surface area contributed by atoms with Crippen LogP contribution in [0, 0.1) is 0 Å². The molecule has 2 heterocycles. The Morgan fingerprint density at radius 1 is 0.862 bits per heavy atom. The third-order valence-electron chi connectivity index (χ3n) is 5.20. The van der Waals surface area contributed by atoms with Crippen molar-refractivity contribution in [2.24, 2.45) is 0 Å². The van der Waals surface area contributed by atoms with Gasteiger partial charge >= 0.3 is 0 Å². The average molecular weight is 387 g/mol. The number of amides is 1. The van der Waals surface area contributed by atoms with Crippen molar-refractivity contribution in [2.45, 2.75) is 13.2 Å². The summed E-state index contributed by atoms with van der Waals surface area (Å²) in [6.07, 6.45) is 3.65. The summed E-state index contributed by atoms with van der Waals surface area (Å²) in [6.45, 7) is 4.49. The van der Waals surface area contributed by atoms with E-state index in [0.717, 1.165) is 49.6 Å². The van der Waals surface area contributed by atoms with E-state index in [2.05, 4.69) is 9.88 Å². The fourth-order valence-electron chi connectivity index (χ4n) is 3.56. The molecule has 1 saturated heterocycles. The van der Waals surface area contributed by atoms with Crippen LogP contribution in [0.5, 0.6) is 5.75 Å². The summed E-state index contributed by atoms with van der Waals surface area (Å²) < 4.78 is 5.87. The van der Waals surface area contributed by atoms with Gasteiger partial charge in [-0.2, -0.15) is 0 Å². The summed E-state index contributed by atoms with van der Waals surface area (Å²) in [6, 6.07) is 21.5. The summed E-state index contributed by atoms with van der Waals surface area (Å²) in [5, 5.41) is 0. The van der Waals surface area contributed by atoms with Gasteiger partial charge in [-0.25, -0.2) is 0 Å². The minimum atomic E-state index is 0.0841. The first-order chi connectivity index (χ1) is 14.3. The van der Waals surface area contributed by atoms with Gasteiger partial charge < -0.3 is 9.64 Å². The number of hydrogen-bond acceptors (Lipinski definition) is 4. The van der Waals surface area contributed by atoms with Crippen molar-refractivity contribution in [2.75, 3.05) is 26.2 Å². The highest BCUT2D eigenvalue weighted by Crippen LogP contribution is 2.18. The highest BCUT2D eigenvalue weighted by molar-refractivity contribution is 5.95. The number of benzene rings is 2. The Balaban J connectivity index is 1.36. The molecule has 0 atom stereocenters. The van der Waals surface area contributed by atoms with E-state index in [-0.39, 0.29) is 5.91 Å². The van der Waals surface area contributed by atoms with Gasteiger partial charge in [0.15, 0.2) is 0 Å². The van der Waals surface area contributed by atoms with Gasteiger partial charge in [0.2, 0.25) is 0 Å². The molecule has 1 aliphatic heterocycles. The van der Waals surface area contributed by atoms with Crippen LogP contribution in [0.25, 0.3) is 0 Å². The maximum atomic E-state index is 13.1. The topological polar surface area (TPSA) is 45.7 Å². The first-order valence-electron chi connectivity index (χ1n) is 9.96. The van der Waals surface area contributed by atoms with Gasteiger partial charge in [0.1, 0.15) is 12.4 Å². The lowest BCUT2D eigenvalue weighted by atomic mass is 10.1. The van der Waals surface area contributed by atoms with Crippen molar-refractivity contribution in [3.05, 3.63) is 95.8 Å². The van der Waals surface area contributed by atoms with Crippen LogP contribution in [0.3, 0.4) is 0 Å². The second-order valence-electron chi connectivity index (χ2n) is 7.18. The van der Waals surface area contributed by atoms with E-state index in [1.807, 2.05) is 84.0 Å². The second-order valence-corrected chi connectivity index (χ2v) is 7.18. The molecule has 0 bridgehead atoms. The molecule has 0 aliphatic carbocycles. The Bertz CT molecular complexity index is 923. The van der Waals surface area contributed by atoms with Crippen molar-refractivity contribution in [3.8, 4) is 5.75 Å². The quantitative estimate of drug-likeness (QED) is 0.648. The van der Waals surface area contributed by atoms with Gasteiger partial charge in [-0.05, 0) is 35.9 Å². The number of nitrogens with zero attached hydrogens (tertiary/aromatic N) is 3. The molecule has 0 N–H and O–H groups in total. The predicted octanol–water partition coefficient (Wildman–Crippen LogP) is 3.62. The Hall–Kier alpha value is -3.18. The Kier molecular flexibility index (Phi) is 6.17. The van der Waals surface area contributed by atoms with Crippen LogP contribution in [0.4, 0.5) is 0 Å². The normalized spacial score (nSPS) is 14.6. The first kappa shape index (κ1) is 19.2.